The molecule has 178 valence electrons. The minimum absolute atomic E-state index is 0.109. The van der Waals surface area contributed by atoms with E-state index in [-0.39, 0.29) is 12.2 Å². The number of aryl methyl sites for hydroxylation is 1. The molecule has 1 saturated heterocycles. The lowest BCUT2D eigenvalue weighted by molar-refractivity contribution is -0.127. The molecule has 1 aliphatic heterocycles. The SMILES string of the molecule is Cc1cccc(NC(=O)CN2C(=O)N/C(=C/c3ccc(OCc4ccc(Br)cc4)c(I)c3)C2=O)c1. The van der Waals surface area contributed by atoms with Gasteiger partial charge in [-0.1, -0.05) is 46.3 Å². The number of halogens is 2. The predicted molar refractivity (Wildman–Crippen MR) is 146 cm³/mol. The Morgan fingerprint density at radius 1 is 1.11 bits per heavy atom. The van der Waals surface area contributed by atoms with Crippen molar-refractivity contribution in [2.24, 2.45) is 0 Å². The summed E-state index contributed by atoms with van der Waals surface area (Å²) in [5.41, 5.74) is 3.47. The van der Waals surface area contributed by atoms with Crippen molar-refractivity contribution in [1.29, 1.82) is 0 Å². The molecular weight excluding hydrogens is 625 g/mol. The van der Waals surface area contributed by atoms with Crippen LogP contribution in [0.15, 0.2) is 76.9 Å². The molecule has 4 amide bonds. The molecule has 0 saturated carbocycles. The molecule has 0 atom stereocenters. The summed E-state index contributed by atoms with van der Waals surface area (Å²) in [5, 5.41) is 5.25. The van der Waals surface area contributed by atoms with Crippen LogP contribution in [0.25, 0.3) is 6.08 Å². The Kier molecular flexibility index (Phi) is 7.86. The summed E-state index contributed by atoms with van der Waals surface area (Å²) in [6.45, 7) is 1.96. The van der Waals surface area contributed by atoms with Gasteiger partial charge >= 0.3 is 6.03 Å². The van der Waals surface area contributed by atoms with Crippen LogP contribution in [0.4, 0.5) is 10.5 Å². The molecule has 4 rings (SSSR count). The highest BCUT2D eigenvalue weighted by molar-refractivity contribution is 14.1. The second-order valence-electron chi connectivity index (χ2n) is 7.90. The molecule has 1 fully saturated rings. The smallest absolute Gasteiger partial charge is 0.329 e. The number of amides is 4. The summed E-state index contributed by atoms with van der Waals surface area (Å²) in [6.07, 6.45) is 1.58. The molecule has 1 aliphatic rings. The van der Waals surface area contributed by atoms with Crippen LogP contribution in [-0.2, 0) is 16.2 Å². The fraction of sp³-hybridized carbons (Fsp3) is 0.115. The van der Waals surface area contributed by atoms with Gasteiger partial charge < -0.3 is 15.4 Å². The number of urea groups is 1. The lowest BCUT2D eigenvalue weighted by atomic mass is 10.2. The summed E-state index contributed by atoms with van der Waals surface area (Å²) in [6, 6.07) is 20.0. The lowest BCUT2D eigenvalue weighted by Crippen LogP contribution is -2.38. The molecule has 3 aromatic carbocycles. The third-order valence-electron chi connectivity index (χ3n) is 5.14. The number of carbonyl (C=O) groups is 3. The van der Waals surface area contributed by atoms with E-state index in [1.165, 1.54) is 0 Å². The predicted octanol–water partition coefficient (Wildman–Crippen LogP) is 5.47. The van der Waals surface area contributed by atoms with Crippen molar-refractivity contribution in [2.75, 3.05) is 11.9 Å². The van der Waals surface area contributed by atoms with Crippen LogP contribution in [0.2, 0.25) is 0 Å². The largest absolute Gasteiger partial charge is 0.488 e. The van der Waals surface area contributed by atoms with E-state index in [0.717, 1.165) is 29.6 Å². The monoisotopic (exact) mass is 645 g/mol. The van der Waals surface area contributed by atoms with Gasteiger partial charge in [0.05, 0.1) is 3.57 Å². The topological polar surface area (TPSA) is 87.7 Å². The molecule has 1 heterocycles. The lowest BCUT2D eigenvalue weighted by Gasteiger charge is -2.12. The zero-order chi connectivity index (χ0) is 24.9. The van der Waals surface area contributed by atoms with Crippen molar-refractivity contribution < 1.29 is 19.1 Å². The van der Waals surface area contributed by atoms with E-state index < -0.39 is 17.8 Å². The maximum Gasteiger partial charge on any atom is 0.329 e. The normalized spacial score (nSPS) is 14.3. The molecule has 0 unspecified atom stereocenters. The van der Waals surface area contributed by atoms with Gasteiger partial charge in [0, 0.05) is 10.2 Å². The quantitative estimate of drug-likeness (QED) is 0.203. The standard InChI is InChI=1S/C26H21BrIN3O4/c1-16-3-2-4-20(11-16)29-24(32)14-31-25(33)22(30-26(31)34)13-18-7-10-23(21(28)12-18)35-15-17-5-8-19(27)9-6-17/h2-13H,14-15H2,1H3,(H,29,32)(H,30,34)/b22-13+. The number of hydrogen-bond donors (Lipinski definition) is 2. The van der Waals surface area contributed by atoms with Crippen molar-refractivity contribution in [3.63, 3.8) is 0 Å². The minimum atomic E-state index is -0.634. The maximum atomic E-state index is 12.8. The number of benzene rings is 3. The average Bonchev–Trinajstić information content (AvgIpc) is 3.07. The summed E-state index contributed by atoms with van der Waals surface area (Å²) < 4.78 is 7.78. The van der Waals surface area contributed by atoms with Crippen molar-refractivity contribution in [1.82, 2.24) is 10.2 Å². The molecule has 0 spiro atoms. The van der Waals surface area contributed by atoms with Crippen molar-refractivity contribution >= 4 is 68.1 Å². The first kappa shape index (κ1) is 24.9. The van der Waals surface area contributed by atoms with Crippen molar-refractivity contribution in [3.05, 3.63) is 97.2 Å². The molecule has 0 bridgehead atoms. The second kappa shape index (κ2) is 11.0. The molecule has 35 heavy (non-hydrogen) atoms. The number of hydrogen-bond acceptors (Lipinski definition) is 4. The number of nitrogens with one attached hydrogen (secondary N) is 2. The Balaban J connectivity index is 1.39. The minimum Gasteiger partial charge on any atom is -0.488 e. The van der Waals surface area contributed by atoms with Crippen LogP contribution in [-0.4, -0.2) is 29.3 Å². The van der Waals surface area contributed by atoms with Gasteiger partial charge in [0.15, 0.2) is 0 Å². The molecule has 0 radical (unpaired) electrons. The first-order chi connectivity index (χ1) is 16.8. The van der Waals surface area contributed by atoms with Crippen LogP contribution >= 0.6 is 38.5 Å². The van der Waals surface area contributed by atoms with Gasteiger partial charge in [-0.2, -0.15) is 0 Å². The van der Waals surface area contributed by atoms with Crippen LogP contribution in [0.3, 0.4) is 0 Å². The molecule has 2 N–H and O–H groups in total. The number of ether oxygens (including phenoxy) is 1. The average molecular weight is 646 g/mol. The third-order valence-corrected chi connectivity index (χ3v) is 6.51. The van der Waals surface area contributed by atoms with E-state index in [4.69, 9.17) is 4.74 Å². The first-order valence-corrected chi connectivity index (χ1v) is 12.5. The molecule has 9 heteroatoms. The molecule has 7 nitrogen and oxygen atoms in total. The Morgan fingerprint density at radius 2 is 1.89 bits per heavy atom. The summed E-state index contributed by atoms with van der Waals surface area (Å²) in [4.78, 5) is 38.4. The van der Waals surface area contributed by atoms with Crippen LogP contribution in [0, 0.1) is 10.5 Å². The Hall–Kier alpha value is -3.18. The van der Waals surface area contributed by atoms with Gasteiger partial charge in [-0.15, -0.1) is 0 Å². The fourth-order valence-electron chi connectivity index (χ4n) is 3.41. The van der Waals surface area contributed by atoms with Gasteiger partial charge in [0.2, 0.25) is 5.91 Å². The van der Waals surface area contributed by atoms with E-state index in [0.29, 0.717) is 18.0 Å². The summed E-state index contributed by atoms with van der Waals surface area (Å²) in [7, 11) is 0. The Morgan fingerprint density at radius 3 is 2.60 bits per heavy atom. The van der Waals surface area contributed by atoms with Crippen LogP contribution in [0.5, 0.6) is 5.75 Å². The number of carbonyl (C=O) groups excluding carboxylic acids is 3. The van der Waals surface area contributed by atoms with Gasteiger partial charge in [0.25, 0.3) is 5.91 Å². The van der Waals surface area contributed by atoms with E-state index in [1.54, 1.807) is 18.2 Å². The maximum absolute atomic E-state index is 12.8. The highest BCUT2D eigenvalue weighted by Crippen LogP contribution is 2.25. The summed E-state index contributed by atoms with van der Waals surface area (Å²) in [5.74, 6) is -0.297. The highest BCUT2D eigenvalue weighted by atomic mass is 127. The number of rotatable bonds is 7. The van der Waals surface area contributed by atoms with Crippen LogP contribution in [0.1, 0.15) is 16.7 Å². The van der Waals surface area contributed by atoms with Gasteiger partial charge in [0.1, 0.15) is 24.6 Å². The number of imide groups is 1. The molecular formula is C26H21BrIN3O4. The number of nitrogens with zero attached hydrogens (tertiary/aromatic N) is 1. The first-order valence-electron chi connectivity index (χ1n) is 10.7. The zero-order valence-electron chi connectivity index (χ0n) is 18.7. The molecule has 0 aromatic heterocycles. The molecule has 3 aromatic rings. The van der Waals surface area contributed by atoms with E-state index >= 15 is 0 Å². The Bertz CT molecular complexity index is 1320. The van der Waals surface area contributed by atoms with Gasteiger partial charge in [-0.3, -0.25) is 9.59 Å². The second-order valence-corrected chi connectivity index (χ2v) is 9.98. The summed E-state index contributed by atoms with van der Waals surface area (Å²) >= 11 is 5.58. The van der Waals surface area contributed by atoms with Crippen LogP contribution < -0.4 is 15.4 Å². The Labute approximate surface area is 224 Å². The van der Waals surface area contributed by atoms with Crippen molar-refractivity contribution in [2.45, 2.75) is 13.5 Å². The molecule has 0 aliphatic carbocycles. The zero-order valence-corrected chi connectivity index (χ0v) is 22.4. The number of anilines is 1. The van der Waals surface area contributed by atoms with Gasteiger partial charge in [-0.05, 0) is 88.7 Å². The van der Waals surface area contributed by atoms with E-state index in [9.17, 15) is 14.4 Å². The third kappa shape index (κ3) is 6.49. The van der Waals surface area contributed by atoms with Crippen molar-refractivity contribution in [3.8, 4) is 5.75 Å². The van der Waals surface area contributed by atoms with E-state index in [2.05, 4.69) is 49.2 Å². The van der Waals surface area contributed by atoms with Gasteiger partial charge in [-0.25, -0.2) is 9.69 Å². The fourth-order valence-corrected chi connectivity index (χ4v) is 4.37. The van der Waals surface area contributed by atoms with E-state index in [1.807, 2.05) is 61.5 Å². The highest BCUT2D eigenvalue weighted by Gasteiger charge is 2.34.